The Morgan fingerprint density at radius 3 is 2.65 bits per heavy atom. The van der Waals surface area contributed by atoms with Crippen LogP contribution in [-0.2, 0) is 9.53 Å². The molecule has 1 fully saturated rings. The van der Waals surface area contributed by atoms with Crippen molar-refractivity contribution >= 4 is 17.7 Å². The number of hydrogen-bond donors (Lipinski definition) is 1. The minimum absolute atomic E-state index is 0.0182. The number of thioether (sulfide) groups is 1. The Hall–Kier alpha value is -2.13. The highest BCUT2D eigenvalue weighted by atomic mass is 32.2. The van der Waals surface area contributed by atoms with Crippen LogP contribution in [0.2, 0.25) is 0 Å². The van der Waals surface area contributed by atoms with E-state index in [1.807, 2.05) is 0 Å². The van der Waals surface area contributed by atoms with Gasteiger partial charge in [-0.25, -0.2) is 9.07 Å². The number of amides is 1. The van der Waals surface area contributed by atoms with E-state index in [0.29, 0.717) is 42.8 Å². The topological polar surface area (TPSA) is 86.3 Å². The van der Waals surface area contributed by atoms with Gasteiger partial charge in [0.15, 0.2) is 5.82 Å². The smallest absolute Gasteiger partial charge is 0.233 e. The lowest BCUT2D eigenvalue weighted by Crippen LogP contribution is -2.41. The zero-order valence-electron chi connectivity index (χ0n) is 12.3. The number of benzene rings is 1. The van der Waals surface area contributed by atoms with Gasteiger partial charge in [-0.15, -0.1) is 10.2 Å². The third-order valence-corrected chi connectivity index (χ3v) is 4.38. The average molecular weight is 337 g/mol. The molecule has 2 heterocycles. The lowest BCUT2D eigenvalue weighted by atomic mass is 10.2. The summed E-state index contributed by atoms with van der Waals surface area (Å²) in [5.74, 6) is 6.31. The molecule has 2 N–H and O–H groups in total. The molecule has 0 unspecified atom stereocenters. The summed E-state index contributed by atoms with van der Waals surface area (Å²) in [5.41, 5.74) is 0.660. The molecule has 9 heteroatoms. The van der Waals surface area contributed by atoms with Crippen molar-refractivity contribution in [2.75, 3.05) is 37.9 Å². The molecule has 7 nitrogen and oxygen atoms in total. The normalized spacial score (nSPS) is 14.9. The summed E-state index contributed by atoms with van der Waals surface area (Å²) in [7, 11) is 0. The second-order valence-corrected chi connectivity index (χ2v) is 5.91. The number of nitrogen functional groups attached to an aromatic ring is 1. The van der Waals surface area contributed by atoms with Gasteiger partial charge in [-0.2, -0.15) is 0 Å². The molecule has 122 valence electrons. The molecule has 23 heavy (non-hydrogen) atoms. The van der Waals surface area contributed by atoms with Gasteiger partial charge in [0.05, 0.1) is 19.0 Å². The molecule has 1 aliphatic heterocycles. The molecule has 0 bridgehead atoms. The number of nitrogens with zero attached hydrogens (tertiary/aromatic N) is 4. The standard InChI is InChI=1S/C14H16FN5O2S/c15-11-3-1-10(2-4-11)13-17-18-14(20(13)16)23-9-12(21)19-5-7-22-8-6-19/h1-4H,5-9,16H2. The molecule has 0 spiro atoms. The van der Waals surface area contributed by atoms with Crippen LogP contribution in [0.5, 0.6) is 0 Å². The molecule has 1 amide bonds. The second kappa shape index (κ2) is 6.97. The molecule has 0 saturated carbocycles. The zero-order chi connectivity index (χ0) is 16.2. The van der Waals surface area contributed by atoms with Crippen LogP contribution in [0.3, 0.4) is 0 Å². The van der Waals surface area contributed by atoms with Crippen molar-refractivity contribution in [3.05, 3.63) is 30.1 Å². The quantitative estimate of drug-likeness (QED) is 0.654. The summed E-state index contributed by atoms with van der Waals surface area (Å²) >= 11 is 1.23. The predicted molar refractivity (Wildman–Crippen MR) is 83.7 cm³/mol. The first-order valence-corrected chi connectivity index (χ1v) is 8.08. The van der Waals surface area contributed by atoms with Crippen molar-refractivity contribution < 1.29 is 13.9 Å². The summed E-state index contributed by atoms with van der Waals surface area (Å²) in [5, 5.41) is 8.44. The number of halogens is 1. The van der Waals surface area contributed by atoms with E-state index in [1.165, 1.54) is 28.6 Å². The number of morpholine rings is 1. The number of carbonyl (C=O) groups is 1. The monoisotopic (exact) mass is 337 g/mol. The lowest BCUT2D eigenvalue weighted by molar-refractivity contribution is -0.132. The van der Waals surface area contributed by atoms with Crippen LogP contribution in [0.4, 0.5) is 4.39 Å². The van der Waals surface area contributed by atoms with Crippen LogP contribution in [0.1, 0.15) is 0 Å². The van der Waals surface area contributed by atoms with Crippen molar-refractivity contribution in [2.24, 2.45) is 0 Å². The van der Waals surface area contributed by atoms with Gasteiger partial charge in [0.1, 0.15) is 5.82 Å². The highest BCUT2D eigenvalue weighted by molar-refractivity contribution is 7.99. The molecule has 2 aromatic rings. The van der Waals surface area contributed by atoms with Gasteiger partial charge in [0, 0.05) is 18.7 Å². The number of carbonyl (C=O) groups excluding carboxylic acids is 1. The number of aromatic nitrogens is 3. The van der Waals surface area contributed by atoms with Crippen LogP contribution in [0.25, 0.3) is 11.4 Å². The van der Waals surface area contributed by atoms with Crippen molar-refractivity contribution in [1.82, 2.24) is 19.8 Å². The maximum atomic E-state index is 13.0. The van der Waals surface area contributed by atoms with E-state index in [9.17, 15) is 9.18 Å². The van der Waals surface area contributed by atoms with Crippen molar-refractivity contribution in [3.63, 3.8) is 0 Å². The summed E-state index contributed by atoms with van der Waals surface area (Å²) in [4.78, 5) is 13.9. The fourth-order valence-corrected chi connectivity index (χ4v) is 2.96. The highest BCUT2D eigenvalue weighted by Gasteiger charge is 2.19. The van der Waals surface area contributed by atoms with Crippen LogP contribution in [0.15, 0.2) is 29.4 Å². The third kappa shape index (κ3) is 3.62. The Morgan fingerprint density at radius 2 is 1.96 bits per heavy atom. The summed E-state index contributed by atoms with van der Waals surface area (Å²) < 4.78 is 19.5. The molecule has 1 aromatic heterocycles. The summed E-state index contributed by atoms with van der Waals surface area (Å²) in [6.07, 6.45) is 0. The molecule has 0 atom stereocenters. The number of ether oxygens (including phenoxy) is 1. The lowest BCUT2D eigenvalue weighted by Gasteiger charge is -2.26. The fraction of sp³-hybridized carbons (Fsp3) is 0.357. The Balaban J connectivity index is 1.65. The Bertz CT molecular complexity index is 685. The predicted octanol–water partition coefficient (Wildman–Crippen LogP) is 0.749. The van der Waals surface area contributed by atoms with E-state index in [1.54, 1.807) is 17.0 Å². The first kappa shape index (κ1) is 15.8. The number of nitrogens with two attached hydrogens (primary N) is 1. The van der Waals surface area contributed by atoms with Gasteiger partial charge >= 0.3 is 0 Å². The van der Waals surface area contributed by atoms with E-state index in [-0.39, 0.29) is 17.5 Å². The van der Waals surface area contributed by atoms with Crippen LogP contribution in [0, 0.1) is 5.82 Å². The minimum Gasteiger partial charge on any atom is -0.378 e. The Kier molecular flexibility index (Phi) is 4.77. The van der Waals surface area contributed by atoms with Crippen LogP contribution in [-0.4, -0.2) is 57.7 Å². The van der Waals surface area contributed by atoms with Crippen molar-refractivity contribution in [3.8, 4) is 11.4 Å². The number of rotatable bonds is 4. The van der Waals surface area contributed by atoms with E-state index in [2.05, 4.69) is 10.2 Å². The van der Waals surface area contributed by atoms with Crippen molar-refractivity contribution in [2.45, 2.75) is 5.16 Å². The van der Waals surface area contributed by atoms with Gasteiger partial charge in [-0.05, 0) is 24.3 Å². The van der Waals surface area contributed by atoms with Gasteiger partial charge in [0.2, 0.25) is 11.1 Å². The SMILES string of the molecule is Nn1c(SCC(=O)N2CCOCC2)nnc1-c1ccc(F)cc1. The largest absolute Gasteiger partial charge is 0.378 e. The molecule has 1 aromatic carbocycles. The summed E-state index contributed by atoms with van der Waals surface area (Å²) in [6, 6.07) is 5.82. The fourth-order valence-electron chi connectivity index (χ4n) is 2.20. The van der Waals surface area contributed by atoms with Crippen molar-refractivity contribution in [1.29, 1.82) is 0 Å². The molecule has 0 aliphatic carbocycles. The van der Waals surface area contributed by atoms with Crippen LogP contribution >= 0.6 is 11.8 Å². The second-order valence-electron chi connectivity index (χ2n) is 4.96. The molecule has 1 saturated heterocycles. The summed E-state index contributed by atoms with van der Waals surface area (Å²) in [6.45, 7) is 2.35. The van der Waals surface area contributed by atoms with Gasteiger partial charge in [0.25, 0.3) is 0 Å². The highest BCUT2D eigenvalue weighted by Crippen LogP contribution is 2.22. The first-order chi connectivity index (χ1) is 11.1. The van der Waals surface area contributed by atoms with Crippen LogP contribution < -0.4 is 5.84 Å². The van der Waals surface area contributed by atoms with E-state index < -0.39 is 0 Å². The van der Waals surface area contributed by atoms with E-state index >= 15 is 0 Å². The molecule has 1 aliphatic rings. The van der Waals surface area contributed by atoms with Gasteiger partial charge < -0.3 is 15.5 Å². The molecular formula is C14H16FN5O2S. The van der Waals surface area contributed by atoms with E-state index in [4.69, 9.17) is 10.6 Å². The first-order valence-electron chi connectivity index (χ1n) is 7.10. The molecular weight excluding hydrogens is 321 g/mol. The minimum atomic E-state index is -0.331. The molecule has 3 rings (SSSR count). The maximum Gasteiger partial charge on any atom is 0.233 e. The van der Waals surface area contributed by atoms with Gasteiger partial charge in [-0.3, -0.25) is 4.79 Å². The van der Waals surface area contributed by atoms with E-state index in [0.717, 1.165) is 0 Å². The average Bonchev–Trinajstić information content (AvgIpc) is 2.95. The maximum absolute atomic E-state index is 13.0. The third-order valence-electron chi connectivity index (χ3n) is 3.46. The number of hydrogen-bond acceptors (Lipinski definition) is 6. The van der Waals surface area contributed by atoms with Gasteiger partial charge in [-0.1, -0.05) is 11.8 Å². The Morgan fingerprint density at radius 1 is 1.26 bits per heavy atom. The zero-order valence-corrected chi connectivity index (χ0v) is 13.1. The molecule has 0 radical (unpaired) electrons. The Labute approximate surface area is 136 Å².